The zero-order valence-corrected chi connectivity index (χ0v) is 11.5. The molecule has 1 aliphatic carbocycles. The van der Waals surface area contributed by atoms with E-state index in [1.165, 1.54) is 19.3 Å². The summed E-state index contributed by atoms with van der Waals surface area (Å²) >= 11 is 0. The van der Waals surface area contributed by atoms with Crippen molar-refractivity contribution in [3.05, 3.63) is 0 Å². The van der Waals surface area contributed by atoms with E-state index in [1.54, 1.807) is 0 Å². The predicted octanol–water partition coefficient (Wildman–Crippen LogP) is 2.74. The van der Waals surface area contributed by atoms with Crippen molar-refractivity contribution in [1.29, 1.82) is 0 Å². The van der Waals surface area contributed by atoms with Crippen LogP contribution in [0.2, 0.25) is 0 Å². The van der Waals surface area contributed by atoms with Crippen molar-refractivity contribution >= 4 is 0 Å². The molecule has 1 saturated heterocycles. The Morgan fingerprint density at radius 1 is 1.28 bits per heavy atom. The fourth-order valence-electron chi connectivity index (χ4n) is 3.44. The summed E-state index contributed by atoms with van der Waals surface area (Å²) in [4.78, 5) is 2.55. The van der Waals surface area contributed by atoms with Gasteiger partial charge in [-0.3, -0.25) is 4.90 Å². The normalized spacial score (nSPS) is 31.8. The van der Waals surface area contributed by atoms with E-state index in [4.69, 9.17) is 0 Å². The van der Waals surface area contributed by atoms with Crippen molar-refractivity contribution in [1.82, 2.24) is 10.2 Å². The van der Waals surface area contributed by atoms with Crippen molar-refractivity contribution in [3.63, 3.8) is 0 Å². The second-order valence-corrected chi connectivity index (χ2v) is 6.10. The average Bonchev–Trinajstić information content (AvgIpc) is 3.11. The van der Waals surface area contributed by atoms with Crippen LogP contribution in [-0.4, -0.2) is 43.0 Å². The van der Waals surface area contributed by atoms with Gasteiger partial charge in [-0.2, -0.15) is 0 Å². The van der Waals surface area contributed by atoms with E-state index >= 15 is 0 Å². The van der Waals surface area contributed by atoms with Gasteiger partial charge in [0.05, 0.1) is 6.54 Å². The van der Waals surface area contributed by atoms with Gasteiger partial charge in [0, 0.05) is 25.2 Å². The van der Waals surface area contributed by atoms with Gasteiger partial charge in [-0.05, 0) is 37.5 Å². The van der Waals surface area contributed by atoms with Crippen LogP contribution in [-0.2, 0) is 0 Å². The van der Waals surface area contributed by atoms with Crippen LogP contribution in [0, 0.1) is 11.8 Å². The summed E-state index contributed by atoms with van der Waals surface area (Å²) in [6, 6.07) is 0.930. The number of piperidine rings is 1. The Morgan fingerprint density at radius 2 is 2.00 bits per heavy atom. The van der Waals surface area contributed by atoms with Crippen molar-refractivity contribution in [3.8, 4) is 0 Å². The van der Waals surface area contributed by atoms with Crippen LogP contribution in [0.3, 0.4) is 0 Å². The minimum Gasteiger partial charge on any atom is -0.307 e. The first-order chi connectivity index (χ1) is 8.60. The van der Waals surface area contributed by atoms with Crippen LogP contribution in [0.25, 0.3) is 0 Å². The number of hydrogen-bond donors (Lipinski definition) is 1. The molecule has 2 rings (SSSR count). The van der Waals surface area contributed by atoms with Gasteiger partial charge in [0.15, 0.2) is 0 Å². The first-order valence-electron chi connectivity index (χ1n) is 7.35. The molecule has 0 bridgehead atoms. The molecule has 2 nitrogen and oxygen atoms in total. The van der Waals surface area contributed by atoms with Crippen LogP contribution in [0.4, 0.5) is 8.78 Å². The number of alkyl halides is 2. The molecule has 2 fully saturated rings. The molecule has 3 atom stereocenters. The molecular formula is C14H26F2N2. The van der Waals surface area contributed by atoms with Gasteiger partial charge in [-0.25, -0.2) is 8.78 Å². The van der Waals surface area contributed by atoms with Gasteiger partial charge in [0.25, 0.3) is 6.43 Å². The molecule has 1 N–H and O–H groups in total. The van der Waals surface area contributed by atoms with E-state index in [9.17, 15) is 8.78 Å². The molecule has 106 valence electrons. The molecule has 0 aromatic heterocycles. The predicted molar refractivity (Wildman–Crippen MR) is 70.0 cm³/mol. The highest BCUT2D eigenvalue weighted by atomic mass is 19.3. The topological polar surface area (TPSA) is 15.3 Å². The van der Waals surface area contributed by atoms with Crippen molar-refractivity contribution in [2.45, 2.75) is 58.0 Å². The molecule has 1 heterocycles. The molecule has 18 heavy (non-hydrogen) atoms. The van der Waals surface area contributed by atoms with Crippen LogP contribution >= 0.6 is 0 Å². The molecule has 1 saturated carbocycles. The minimum absolute atomic E-state index is 0.161. The van der Waals surface area contributed by atoms with E-state index in [2.05, 4.69) is 24.1 Å². The van der Waals surface area contributed by atoms with E-state index < -0.39 is 6.43 Å². The lowest BCUT2D eigenvalue weighted by molar-refractivity contribution is 0.0779. The van der Waals surface area contributed by atoms with E-state index in [0.29, 0.717) is 12.0 Å². The zero-order valence-electron chi connectivity index (χ0n) is 11.5. The first kappa shape index (κ1) is 14.2. The van der Waals surface area contributed by atoms with E-state index in [-0.39, 0.29) is 12.6 Å². The lowest BCUT2D eigenvalue weighted by Gasteiger charge is -2.41. The quantitative estimate of drug-likeness (QED) is 0.790. The monoisotopic (exact) mass is 260 g/mol. The molecular weight excluding hydrogens is 234 g/mol. The van der Waals surface area contributed by atoms with E-state index in [1.807, 2.05) is 0 Å². The van der Waals surface area contributed by atoms with Crippen LogP contribution in [0.1, 0.15) is 39.5 Å². The minimum atomic E-state index is -2.24. The van der Waals surface area contributed by atoms with Gasteiger partial charge < -0.3 is 5.32 Å². The van der Waals surface area contributed by atoms with Gasteiger partial charge >= 0.3 is 0 Å². The standard InChI is InChI=1S/C14H26F2N2/c1-3-13(11-4-5-11)18-8-10(2)6-12(9-18)17-7-14(15)16/h10-14,17H,3-9H2,1-2H3. The van der Waals surface area contributed by atoms with Gasteiger partial charge in [-0.15, -0.1) is 0 Å². The van der Waals surface area contributed by atoms with Crippen LogP contribution in [0.5, 0.6) is 0 Å². The molecule has 0 radical (unpaired) electrons. The summed E-state index contributed by atoms with van der Waals surface area (Å²) in [5, 5.41) is 3.03. The fourth-order valence-corrected chi connectivity index (χ4v) is 3.44. The molecule has 4 heteroatoms. The Bertz CT molecular complexity index is 256. The summed E-state index contributed by atoms with van der Waals surface area (Å²) in [6.45, 7) is 6.42. The Balaban J connectivity index is 1.86. The van der Waals surface area contributed by atoms with Crippen molar-refractivity contribution in [2.24, 2.45) is 11.8 Å². The molecule has 2 aliphatic rings. The molecule has 0 aromatic carbocycles. The summed E-state index contributed by atoms with van der Waals surface area (Å²) in [5.41, 5.74) is 0. The number of nitrogens with zero attached hydrogens (tertiary/aromatic N) is 1. The smallest absolute Gasteiger partial charge is 0.250 e. The Kier molecular flexibility index (Phi) is 4.96. The second-order valence-electron chi connectivity index (χ2n) is 6.10. The highest BCUT2D eigenvalue weighted by Crippen LogP contribution is 2.38. The Labute approximate surface area is 109 Å². The number of likely N-dealkylation sites (tertiary alicyclic amines) is 1. The number of rotatable bonds is 6. The highest BCUT2D eigenvalue weighted by molar-refractivity contribution is 4.92. The summed E-state index contributed by atoms with van der Waals surface area (Å²) < 4.78 is 24.5. The maximum atomic E-state index is 12.3. The zero-order chi connectivity index (χ0) is 13.1. The summed E-state index contributed by atoms with van der Waals surface area (Å²) in [5.74, 6) is 1.48. The third kappa shape index (κ3) is 3.89. The first-order valence-corrected chi connectivity index (χ1v) is 7.35. The highest BCUT2D eigenvalue weighted by Gasteiger charge is 2.37. The average molecular weight is 260 g/mol. The number of halogens is 2. The fraction of sp³-hybridized carbons (Fsp3) is 1.00. The van der Waals surface area contributed by atoms with Gasteiger partial charge in [0.1, 0.15) is 0 Å². The summed E-state index contributed by atoms with van der Waals surface area (Å²) in [7, 11) is 0. The van der Waals surface area contributed by atoms with E-state index in [0.717, 1.165) is 25.4 Å². The second kappa shape index (κ2) is 6.29. The van der Waals surface area contributed by atoms with Crippen molar-refractivity contribution < 1.29 is 8.78 Å². The SMILES string of the molecule is CCC(C1CC1)N1CC(C)CC(NCC(F)F)C1. The lowest BCUT2D eigenvalue weighted by atomic mass is 9.93. The molecule has 1 aliphatic heterocycles. The van der Waals surface area contributed by atoms with Crippen LogP contribution < -0.4 is 5.32 Å². The number of nitrogens with one attached hydrogen (secondary N) is 1. The Morgan fingerprint density at radius 3 is 2.56 bits per heavy atom. The third-order valence-electron chi connectivity index (χ3n) is 4.30. The molecule has 0 spiro atoms. The maximum Gasteiger partial charge on any atom is 0.250 e. The molecule has 0 amide bonds. The lowest BCUT2D eigenvalue weighted by Crippen LogP contribution is -2.53. The summed E-state index contributed by atoms with van der Waals surface area (Å²) in [6.07, 6.45) is 2.71. The van der Waals surface area contributed by atoms with Crippen LogP contribution in [0.15, 0.2) is 0 Å². The third-order valence-corrected chi connectivity index (χ3v) is 4.30. The van der Waals surface area contributed by atoms with Crippen molar-refractivity contribution in [2.75, 3.05) is 19.6 Å². The molecule has 3 unspecified atom stereocenters. The maximum absolute atomic E-state index is 12.3. The van der Waals surface area contributed by atoms with Gasteiger partial charge in [0.2, 0.25) is 0 Å². The van der Waals surface area contributed by atoms with Gasteiger partial charge in [-0.1, -0.05) is 13.8 Å². The molecule has 0 aromatic rings. The number of hydrogen-bond acceptors (Lipinski definition) is 2. The largest absolute Gasteiger partial charge is 0.307 e. The Hall–Kier alpha value is -0.220.